The fourth-order valence-electron chi connectivity index (χ4n) is 2.27. The lowest BCUT2D eigenvalue weighted by molar-refractivity contribution is 0.419. The van der Waals surface area contributed by atoms with E-state index in [0.717, 1.165) is 32.7 Å². The van der Waals surface area contributed by atoms with Gasteiger partial charge in [-0.25, -0.2) is 10.8 Å². The molecule has 3 aromatic rings. The summed E-state index contributed by atoms with van der Waals surface area (Å²) in [6.45, 7) is 2.07. The number of nitrogen functional groups attached to an aromatic ring is 1. The monoisotopic (exact) mass is 285 g/mol. The van der Waals surface area contributed by atoms with Gasteiger partial charge in [0.15, 0.2) is 0 Å². The summed E-state index contributed by atoms with van der Waals surface area (Å²) < 4.78 is 5.38. The van der Waals surface area contributed by atoms with E-state index in [2.05, 4.69) is 29.5 Å². The van der Waals surface area contributed by atoms with E-state index >= 15 is 0 Å². The Morgan fingerprint density at radius 3 is 2.80 bits per heavy atom. The molecule has 0 atom stereocenters. The molecule has 3 N–H and O–H groups in total. The Balaban J connectivity index is 2.35. The molecule has 1 aromatic carbocycles. The lowest BCUT2D eigenvalue weighted by atomic mass is 10.1. The van der Waals surface area contributed by atoms with Crippen molar-refractivity contribution in [3.63, 3.8) is 0 Å². The average molecular weight is 285 g/mol. The van der Waals surface area contributed by atoms with Gasteiger partial charge in [-0.05, 0) is 36.1 Å². The maximum absolute atomic E-state index is 5.63. The molecule has 0 saturated carbocycles. The second kappa shape index (κ2) is 5.11. The van der Waals surface area contributed by atoms with Gasteiger partial charge in [0.25, 0.3) is 0 Å². The first-order valence-electron chi connectivity index (χ1n) is 6.23. The molecule has 0 radical (unpaired) electrons. The number of nitrogens with zero attached hydrogens (tertiary/aromatic N) is 1. The van der Waals surface area contributed by atoms with Crippen LogP contribution in [0.15, 0.2) is 35.7 Å². The Bertz CT molecular complexity index is 753. The maximum atomic E-state index is 5.63. The Morgan fingerprint density at radius 2 is 2.15 bits per heavy atom. The van der Waals surface area contributed by atoms with Crippen LogP contribution in [0.4, 0.5) is 5.82 Å². The molecule has 2 heterocycles. The molecular formula is C15H15N3OS. The number of ether oxygens (including phenoxy) is 1. The van der Waals surface area contributed by atoms with Gasteiger partial charge in [-0.1, -0.05) is 12.1 Å². The van der Waals surface area contributed by atoms with E-state index in [1.807, 2.05) is 23.6 Å². The Kier molecular flexibility index (Phi) is 3.30. The second-order valence-electron chi connectivity index (χ2n) is 4.49. The molecule has 102 valence electrons. The molecule has 0 bridgehead atoms. The number of anilines is 1. The zero-order valence-electron chi connectivity index (χ0n) is 11.3. The van der Waals surface area contributed by atoms with Crippen molar-refractivity contribution in [1.29, 1.82) is 0 Å². The fraction of sp³-hybridized carbons (Fsp3) is 0.133. The van der Waals surface area contributed by atoms with E-state index in [4.69, 9.17) is 10.6 Å². The van der Waals surface area contributed by atoms with Crippen molar-refractivity contribution < 1.29 is 4.74 Å². The van der Waals surface area contributed by atoms with Crippen LogP contribution in [0.5, 0.6) is 5.75 Å². The molecule has 0 unspecified atom stereocenters. The summed E-state index contributed by atoms with van der Waals surface area (Å²) in [7, 11) is 1.65. The number of nitrogens with two attached hydrogens (primary N) is 1. The lowest BCUT2D eigenvalue weighted by Crippen LogP contribution is -2.10. The third-order valence-corrected chi connectivity index (χ3v) is 4.21. The predicted molar refractivity (Wildman–Crippen MR) is 84.2 cm³/mol. The smallest absolute Gasteiger partial charge is 0.149 e. The van der Waals surface area contributed by atoms with Crippen LogP contribution >= 0.6 is 11.3 Å². The molecule has 0 spiro atoms. The molecule has 2 aromatic heterocycles. The molecule has 20 heavy (non-hydrogen) atoms. The highest BCUT2D eigenvalue weighted by atomic mass is 32.1. The summed E-state index contributed by atoms with van der Waals surface area (Å²) in [5, 5.41) is 3.12. The number of benzene rings is 1. The molecule has 0 saturated heterocycles. The minimum atomic E-state index is 0.656. The zero-order valence-corrected chi connectivity index (χ0v) is 12.1. The number of hydrogen-bond acceptors (Lipinski definition) is 5. The van der Waals surface area contributed by atoms with Crippen molar-refractivity contribution in [3.8, 4) is 16.2 Å². The highest BCUT2D eigenvalue weighted by Crippen LogP contribution is 2.36. The van der Waals surface area contributed by atoms with Gasteiger partial charge in [-0.15, -0.1) is 11.3 Å². The second-order valence-corrected chi connectivity index (χ2v) is 5.43. The van der Waals surface area contributed by atoms with Gasteiger partial charge < -0.3 is 10.2 Å². The number of fused-ring (bicyclic) bond motifs is 1. The number of methoxy groups -OCH3 is 1. The lowest BCUT2D eigenvalue weighted by Gasteiger charge is -2.12. The summed E-state index contributed by atoms with van der Waals surface area (Å²) in [6, 6.07) is 10.2. The van der Waals surface area contributed by atoms with E-state index in [-0.39, 0.29) is 0 Å². The van der Waals surface area contributed by atoms with Crippen LogP contribution in [0, 0.1) is 6.92 Å². The van der Waals surface area contributed by atoms with Gasteiger partial charge in [0.05, 0.1) is 7.11 Å². The number of hydrogen-bond donors (Lipinski definition) is 2. The van der Waals surface area contributed by atoms with Gasteiger partial charge in [0.1, 0.15) is 17.1 Å². The van der Waals surface area contributed by atoms with E-state index in [1.54, 1.807) is 18.4 Å². The summed E-state index contributed by atoms with van der Waals surface area (Å²) in [5.41, 5.74) is 5.67. The van der Waals surface area contributed by atoms with Crippen LogP contribution in [-0.2, 0) is 0 Å². The largest absolute Gasteiger partial charge is 0.494 e. The first-order valence-corrected chi connectivity index (χ1v) is 7.11. The molecule has 0 aliphatic heterocycles. The van der Waals surface area contributed by atoms with Crippen molar-refractivity contribution in [3.05, 3.63) is 41.3 Å². The van der Waals surface area contributed by atoms with Crippen molar-refractivity contribution in [2.75, 3.05) is 12.5 Å². The van der Waals surface area contributed by atoms with Gasteiger partial charge in [0, 0.05) is 15.8 Å². The third kappa shape index (κ3) is 2.01. The van der Waals surface area contributed by atoms with Crippen LogP contribution in [0.25, 0.3) is 21.3 Å². The van der Waals surface area contributed by atoms with Crippen LogP contribution in [-0.4, -0.2) is 12.1 Å². The summed E-state index contributed by atoms with van der Waals surface area (Å²) >= 11 is 1.66. The standard InChI is InChI=1S/C15H15N3OS/c1-9-5-6-12(19-2)14-10(9)8-11(15(17-14)18-16)13-4-3-7-20-13/h3-8H,16H2,1-2H3,(H,17,18). The molecule has 3 rings (SSSR count). The Morgan fingerprint density at radius 1 is 1.30 bits per heavy atom. The van der Waals surface area contributed by atoms with Crippen molar-refractivity contribution in [1.82, 2.24) is 4.98 Å². The van der Waals surface area contributed by atoms with Crippen molar-refractivity contribution in [2.24, 2.45) is 5.84 Å². The molecular weight excluding hydrogens is 270 g/mol. The zero-order chi connectivity index (χ0) is 14.1. The van der Waals surface area contributed by atoms with E-state index < -0.39 is 0 Å². The Hall–Kier alpha value is -2.11. The molecule has 0 aliphatic rings. The third-order valence-electron chi connectivity index (χ3n) is 3.31. The molecule has 4 nitrogen and oxygen atoms in total. The molecule has 5 heteroatoms. The van der Waals surface area contributed by atoms with Gasteiger partial charge in [-0.2, -0.15) is 0 Å². The number of thiophene rings is 1. The normalized spacial score (nSPS) is 10.8. The highest BCUT2D eigenvalue weighted by molar-refractivity contribution is 7.13. The number of hydrazine groups is 1. The first kappa shape index (κ1) is 12.9. The predicted octanol–water partition coefficient (Wildman–Crippen LogP) is 3.57. The average Bonchev–Trinajstić information content (AvgIpc) is 3.00. The van der Waals surface area contributed by atoms with E-state index in [1.165, 1.54) is 0 Å². The van der Waals surface area contributed by atoms with Crippen LogP contribution in [0.2, 0.25) is 0 Å². The number of aryl methyl sites for hydroxylation is 1. The van der Waals surface area contributed by atoms with Crippen molar-refractivity contribution >= 4 is 28.1 Å². The van der Waals surface area contributed by atoms with Gasteiger partial charge in [0.2, 0.25) is 0 Å². The van der Waals surface area contributed by atoms with Crippen LogP contribution < -0.4 is 16.0 Å². The topological polar surface area (TPSA) is 60.2 Å². The van der Waals surface area contributed by atoms with Crippen molar-refractivity contribution in [2.45, 2.75) is 6.92 Å². The van der Waals surface area contributed by atoms with E-state index in [9.17, 15) is 0 Å². The number of rotatable bonds is 3. The SMILES string of the molecule is COc1ccc(C)c2cc(-c3cccs3)c(NN)nc12. The first-order chi connectivity index (χ1) is 9.74. The molecule has 0 aliphatic carbocycles. The summed E-state index contributed by atoms with van der Waals surface area (Å²) in [4.78, 5) is 5.76. The Labute approximate surface area is 121 Å². The number of nitrogens with one attached hydrogen (secondary N) is 1. The summed E-state index contributed by atoms with van der Waals surface area (Å²) in [6.07, 6.45) is 0. The maximum Gasteiger partial charge on any atom is 0.149 e. The number of pyridine rings is 1. The van der Waals surface area contributed by atoms with Gasteiger partial charge in [-0.3, -0.25) is 0 Å². The quantitative estimate of drug-likeness (QED) is 0.570. The minimum Gasteiger partial charge on any atom is -0.494 e. The van der Waals surface area contributed by atoms with Crippen LogP contribution in [0.1, 0.15) is 5.56 Å². The molecule has 0 amide bonds. The summed E-state index contributed by atoms with van der Waals surface area (Å²) in [5.74, 6) is 7.03. The van der Waals surface area contributed by atoms with Gasteiger partial charge >= 0.3 is 0 Å². The fourth-order valence-corrected chi connectivity index (χ4v) is 3.01. The number of aromatic nitrogens is 1. The minimum absolute atomic E-state index is 0.656. The molecule has 0 fully saturated rings. The van der Waals surface area contributed by atoms with E-state index in [0.29, 0.717) is 5.82 Å². The van der Waals surface area contributed by atoms with Crippen LogP contribution in [0.3, 0.4) is 0 Å². The highest BCUT2D eigenvalue weighted by Gasteiger charge is 2.13.